The molecule has 0 aromatic carbocycles. The Balaban J connectivity index is 3.38. The molecule has 0 saturated heterocycles. The smallest absolute Gasteiger partial charge is 0.369 e. The first-order chi connectivity index (χ1) is 7.21. The van der Waals surface area contributed by atoms with Crippen molar-refractivity contribution in [2.75, 3.05) is 0 Å². The first-order valence-corrected chi connectivity index (χ1v) is 4.54. The summed E-state index contributed by atoms with van der Waals surface area (Å²) in [5.74, 6) is -0.806. The standard InChI is InChI=1S/C10H11F3N2O/c1-5-3-8(10(11,12)13)7(4-9(14)16)6(2)15-5/h3H,4H2,1-2H3,(H2,14,16). The predicted octanol–water partition coefficient (Wildman–Crippen LogP) is 1.75. The average Bonchev–Trinajstić information content (AvgIpc) is 2.06. The molecule has 16 heavy (non-hydrogen) atoms. The van der Waals surface area contributed by atoms with Crippen molar-refractivity contribution in [3.05, 3.63) is 28.6 Å². The third-order valence-corrected chi connectivity index (χ3v) is 2.12. The Kier molecular flexibility index (Phi) is 3.21. The lowest BCUT2D eigenvalue weighted by molar-refractivity contribution is -0.138. The summed E-state index contributed by atoms with van der Waals surface area (Å²) in [5.41, 5.74) is 4.37. The molecule has 0 saturated carbocycles. The summed E-state index contributed by atoms with van der Waals surface area (Å²) in [5, 5.41) is 0. The van der Waals surface area contributed by atoms with Crippen molar-refractivity contribution in [2.45, 2.75) is 26.4 Å². The lowest BCUT2D eigenvalue weighted by Gasteiger charge is -2.14. The molecule has 1 heterocycles. The van der Waals surface area contributed by atoms with Gasteiger partial charge in [-0.1, -0.05) is 0 Å². The Labute approximate surface area is 90.5 Å². The van der Waals surface area contributed by atoms with E-state index >= 15 is 0 Å². The highest BCUT2D eigenvalue weighted by molar-refractivity contribution is 5.77. The van der Waals surface area contributed by atoms with Crippen LogP contribution in [0.25, 0.3) is 0 Å². The molecule has 0 aliphatic heterocycles. The van der Waals surface area contributed by atoms with Gasteiger partial charge in [-0.15, -0.1) is 0 Å². The van der Waals surface area contributed by atoms with Crippen LogP contribution >= 0.6 is 0 Å². The SMILES string of the molecule is Cc1cc(C(F)(F)F)c(CC(N)=O)c(C)n1. The summed E-state index contributed by atoms with van der Waals surface area (Å²) in [6.07, 6.45) is -4.95. The Hall–Kier alpha value is -1.59. The molecular formula is C10H11F3N2O. The molecule has 0 fully saturated rings. The molecule has 1 aromatic heterocycles. The molecule has 1 rings (SSSR count). The van der Waals surface area contributed by atoms with E-state index in [2.05, 4.69) is 4.98 Å². The van der Waals surface area contributed by atoms with E-state index in [1.54, 1.807) is 0 Å². The highest BCUT2D eigenvalue weighted by atomic mass is 19.4. The van der Waals surface area contributed by atoms with Crippen LogP contribution < -0.4 is 5.73 Å². The van der Waals surface area contributed by atoms with Crippen molar-refractivity contribution in [3.63, 3.8) is 0 Å². The first-order valence-electron chi connectivity index (χ1n) is 4.54. The number of aryl methyl sites for hydroxylation is 2. The third kappa shape index (κ3) is 2.71. The summed E-state index contributed by atoms with van der Waals surface area (Å²) in [6.45, 7) is 2.90. The van der Waals surface area contributed by atoms with Gasteiger partial charge >= 0.3 is 6.18 Å². The quantitative estimate of drug-likeness (QED) is 0.844. The summed E-state index contributed by atoms with van der Waals surface area (Å²) in [7, 11) is 0. The number of aromatic nitrogens is 1. The molecule has 0 atom stereocenters. The molecule has 3 nitrogen and oxygen atoms in total. The van der Waals surface area contributed by atoms with Gasteiger partial charge < -0.3 is 5.73 Å². The van der Waals surface area contributed by atoms with Crippen LogP contribution in [0.5, 0.6) is 0 Å². The molecule has 1 aromatic rings. The number of rotatable bonds is 2. The molecule has 88 valence electrons. The Bertz CT molecular complexity index is 427. The van der Waals surface area contributed by atoms with Crippen molar-refractivity contribution in [1.82, 2.24) is 4.98 Å². The zero-order valence-electron chi connectivity index (χ0n) is 8.85. The maximum absolute atomic E-state index is 12.7. The van der Waals surface area contributed by atoms with Crippen LogP contribution in [0, 0.1) is 13.8 Å². The lowest BCUT2D eigenvalue weighted by atomic mass is 10.0. The Morgan fingerprint density at radius 1 is 1.44 bits per heavy atom. The Morgan fingerprint density at radius 3 is 2.44 bits per heavy atom. The van der Waals surface area contributed by atoms with Crippen molar-refractivity contribution in [3.8, 4) is 0 Å². The van der Waals surface area contributed by atoms with Crippen LogP contribution in [0.15, 0.2) is 6.07 Å². The van der Waals surface area contributed by atoms with Gasteiger partial charge in [0.1, 0.15) is 0 Å². The van der Waals surface area contributed by atoms with Gasteiger partial charge in [-0.05, 0) is 25.5 Å². The molecule has 0 aliphatic carbocycles. The molecular weight excluding hydrogens is 221 g/mol. The Morgan fingerprint density at radius 2 is 2.00 bits per heavy atom. The number of nitrogens with zero attached hydrogens (tertiary/aromatic N) is 1. The number of hydrogen-bond donors (Lipinski definition) is 1. The molecule has 1 amide bonds. The number of nitrogens with two attached hydrogens (primary N) is 1. The van der Waals surface area contributed by atoms with Crippen LogP contribution in [-0.2, 0) is 17.4 Å². The summed E-state index contributed by atoms with van der Waals surface area (Å²) < 4.78 is 38.0. The minimum absolute atomic E-state index is 0.148. The average molecular weight is 232 g/mol. The van der Waals surface area contributed by atoms with Gasteiger partial charge in [0.2, 0.25) is 5.91 Å². The van der Waals surface area contributed by atoms with Gasteiger partial charge in [-0.3, -0.25) is 9.78 Å². The number of hydrogen-bond acceptors (Lipinski definition) is 2. The predicted molar refractivity (Wildman–Crippen MR) is 51.6 cm³/mol. The number of halogens is 3. The van der Waals surface area contributed by atoms with E-state index < -0.39 is 24.1 Å². The molecule has 0 aliphatic rings. The second-order valence-corrected chi connectivity index (χ2v) is 3.52. The fourth-order valence-corrected chi connectivity index (χ4v) is 1.51. The van der Waals surface area contributed by atoms with Gasteiger partial charge in [0, 0.05) is 11.4 Å². The number of pyridine rings is 1. The zero-order valence-corrected chi connectivity index (χ0v) is 8.85. The molecule has 2 N–H and O–H groups in total. The minimum Gasteiger partial charge on any atom is -0.369 e. The van der Waals surface area contributed by atoms with E-state index in [0.717, 1.165) is 6.07 Å². The third-order valence-electron chi connectivity index (χ3n) is 2.12. The van der Waals surface area contributed by atoms with Crippen molar-refractivity contribution in [1.29, 1.82) is 0 Å². The van der Waals surface area contributed by atoms with E-state index in [-0.39, 0.29) is 17.0 Å². The number of carbonyl (C=O) groups excluding carboxylic acids is 1. The van der Waals surface area contributed by atoms with E-state index in [9.17, 15) is 18.0 Å². The first kappa shape index (κ1) is 12.5. The van der Waals surface area contributed by atoms with Crippen molar-refractivity contribution in [2.24, 2.45) is 5.73 Å². The minimum atomic E-state index is -4.50. The number of primary amides is 1. The summed E-state index contributed by atoms with van der Waals surface area (Å²) in [4.78, 5) is 14.6. The monoisotopic (exact) mass is 232 g/mol. The van der Waals surface area contributed by atoms with Crippen molar-refractivity contribution < 1.29 is 18.0 Å². The van der Waals surface area contributed by atoms with Gasteiger partial charge in [0.25, 0.3) is 0 Å². The summed E-state index contributed by atoms with van der Waals surface area (Å²) >= 11 is 0. The number of amides is 1. The summed E-state index contributed by atoms with van der Waals surface area (Å²) in [6, 6.07) is 0.922. The van der Waals surface area contributed by atoms with Crippen LogP contribution in [0.3, 0.4) is 0 Å². The van der Waals surface area contributed by atoms with E-state index in [1.807, 2.05) is 0 Å². The number of carbonyl (C=O) groups is 1. The zero-order chi connectivity index (χ0) is 12.5. The van der Waals surface area contributed by atoms with Crippen LogP contribution in [-0.4, -0.2) is 10.9 Å². The highest BCUT2D eigenvalue weighted by Gasteiger charge is 2.34. The lowest BCUT2D eigenvalue weighted by Crippen LogP contribution is -2.20. The molecule has 0 unspecified atom stereocenters. The fourth-order valence-electron chi connectivity index (χ4n) is 1.51. The van der Waals surface area contributed by atoms with Crippen LogP contribution in [0.2, 0.25) is 0 Å². The van der Waals surface area contributed by atoms with Gasteiger partial charge in [-0.25, -0.2) is 0 Å². The van der Waals surface area contributed by atoms with E-state index in [4.69, 9.17) is 5.73 Å². The topological polar surface area (TPSA) is 56.0 Å². The van der Waals surface area contributed by atoms with Crippen molar-refractivity contribution >= 4 is 5.91 Å². The van der Waals surface area contributed by atoms with Crippen LogP contribution in [0.1, 0.15) is 22.5 Å². The van der Waals surface area contributed by atoms with Gasteiger partial charge in [0.15, 0.2) is 0 Å². The van der Waals surface area contributed by atoms with E-state index in [0.29, 0.717) is 0 Å². The molecule has 0 radical (unpaired) electrons. The maximum Gasteiger partial charge on any atom is 0.416 e. The fraction of sp³-hybridized carbons (Fsp3) is 0.400. The van der Waals surface area contributed by atoms with Gasteiger partial charge in [0.05, 0.1) is 12.0 Å². The van der Waals surface area contributed by atoms with Crippen LogP contribution in [0.4, 0.5) is 13.2 Å². The molecule has 6 heteroatoms. The van der Waals surface area contributed by atoms with Gasteiger partial charge in [-0.2, -0.15) is 13.2 Å². The second kappa shape index (κ2) is 4.11. The molecule has 0 bridgehead atoms. The highest BCUT2D eigenvalue weighted by Crippen LogP contribution is 2.33. The van der Waals surface area contributed by atoms with E-state index in [1.165, 1.54) is 13.8 Å². The largest absolute Gasteiger partial charge is 0.416 e. The second-order valence-electron chi connectivity index (χ2n) is 3.52. The normalized spacial score (nSPS) is 11.6. The number of alkyl halides is 3. The molecule has 0 spiro atoms. The maximum atomic E-state index is 12.7.